The maximum absolute atomic E-state index is 11.6. The second kappa shape index (κ2) is 7.39. The van der Waals surface area contributed by atoms with Crippen LogP contribution in [0.3, 0.4) is 0 Å². The molecular formula is C14H25NO3. The molecule has 1 aliphatic carbocycles. The zero-order chi connectivity index (χ0) is 13.5. The smallest absolute Gasteiger partial charge is 0.303 e. The monoisotopic (exact) mass is 255 g/mol. The van der Waals surface area contributed by atoms with Gasteiger partial charge in [0.1, 0.15) is 0 Å². The number of carboxylic acids is 1. The van der Waals surface area contributed by atoms with Crippen molar-refractivity contribution >= 4 is 11.9 Å². The Hall–Kier alpha value is -1.06. The number of aliphatic carboxylic acids is 1. The molecule has 2 N–H and O–H groups in total. The van der Waals surface area contributed by atoms with Crippen molar-refractivity contribution in [1.82, 2.24) is 5.32 Å². The molecule has 1 atom stereocenters. The van der Waals surface area contributed by atoms with Crippen LogP contribution >= 0.6 is 0 Å². The standard InChI is InChI=1S/C14H25NO3/c1-10-3-5-12(6-4-10)9-15-13(16)7-11(2)8-14(17)18/h10-12H,3-9H2,1-2H3,(H,15,16)(H,17,18). The Bertz CT molecular complexity index is 283. The molecule has 0 heterocycles. The van der Waals surface area contributed by atoms with Gasteiger partial charge in [0.2, 0.25) is 5.91 Å². The molecule has 0 aromatic rings. The maximum atomic E-state index is 11.6. The van der Waals surface area contributed by atoms with Crippen LogP contribution in [0.15, 0.2) is 0 Å². The van der Waals surface area contributed by atoms with Gasteiger partial charge in [-0.05, 0) is 30.6 Å². The molecule has 104 valence electrons. The van der Waals surface area contributed by atoms with Gasteiger partial charge in [0.05, 0.1) is 0 Å². The molecule has 0 spiro atoms. The zero-order valence-electron chi connectivity index (χ0n) is 11.4. The summed E-state index contributed by atoms with van der Waals surface area (Å²) in [5.74, 6) is 0.500. The first kappa shape index (κ1) is 15.0. The van der Waals surface area contributed by atoms with Gasteiger partial charge in [-0.25, -0.2) is 0 Å². The first-order chi connectivity index (χ1) is 8.47. The molecule has 18 heavy (non-hydrogen) atoms. The van der Waals surface area contributed by atoms with E-state index in [4.69, 9.17) is 5.11 Å². The number of carboxylic acid groups (broad SMARTS) is 1. The normalized spacial score (nSPS) is 25.4. The molecule has 0 bridgehead atoms. The lowest BCUT2D eigenvalue weighted by Gasteiger charge is -2.26. The first-order valence-electron chi connectivity index (χ1n) is 6.95. The van der Waals surface area contributed by atoms with Gasteiger partial charge in [0, 0.05) is 19.4 Å². The van der Waals surface area contributed by atoms with E-state index in [0.29, 0.717) is 12.3 Å². The van der Waals surface area contributed by atoms with Crippen molar-refractivity contribution in [3.8, 4) is 0 Å². The number of nitrogens with one attached hydrogen (secondary N) is 1. The molecule has 1 rings (SSSR count). The topological polar surface area (TPSA) is 66.4 Å². The fourth-order valence-corrected chi connectivity index (χ4v) is 2.55. The summed E-state index contributed by atoms with van der Waals surface area (Å²) in [6.45, 7) is 4.84. The average Bonchev–Trinajstić information content (AvgIpc) is 2.27. The average molecular weight is 255 g/mol. The van der Waals surface area contributed by atoms with Crippen LogP contribution in [0.1, 0.15) is 52.4 Å². The largest absolute Gasteiger partial charge is 0.481 e. The Morgan fingerprint density at radius 2 is 1.83 bits per heavy atom. The molecule has 1 saturated carbocycles. The third-order valence-corrected chi connectivity index (χ3v) is 3.78. The number of amides is 1. The van der Waals surface area contributed by atoms with Gasteiger partial charge in [0.25, 0.3) is 0 Å². The van der Waals surface area contributed by atoms with Crippen molar-refractivity contribution in [3.63, 3.8) is 0 Å². The van der Waals surface area contributed by atoms with Crippen LogP contribution < -0.4 is 5.32 Å². The van der Waals surface area contributed by atoms with Gasteiger partial charge in [0.15, 0.2) is 0 Å². The summed E-state index contributed by atoms with van der Waals surface area (Å²) in [5, 5.41) is 11.6. The first-order valence-corrected chi connectivity index (χ1v) is 6.95. The SMILES string of the molecule is CC1CCC(CNC(=O)CC(C)CC(=O)O)CC1. The Labute approximate surface area is 109 Å². The molecular weight excluding hydrogens is 230 g/mol. The number of rotatable bonds is 6. The summed E-state index contributed by atoms with van der Waals surface area (Å²) in [6.07, 6.45) is 5.30. The lowest BCUT2D eigenvalue weighted by atomic mass is 9.83. The van der Waals surface area contributed by atoms with Crippen LogP contribution in [0.25, 0.3) is 0 Å². The Morgan fingerprint density at radius 1 is 1.22 bits per heavy atom. The summed E-state index contributed by atoms with van der Waals surface area (Å²) in [5.41, 5.74) is 0. The van der Waals surface area contributed by atoms with Crippen molar-refractivity contribution in [2.24, 2.45) is 17.8 Å². The van der Waals surface area contributed by atoms with Crippen LogP contribution in [0.4, 0.5) is 0 Å². The van der Waals surface area contributed by atoms with Gasteiger partial charge in [-0.1, -0.05) is 26.7 Å². The lowest BCUT2D eigenvalue weighted by Crippen LogP contribution is -2.32. The van der Waals surface area contributed by atoms with E-state index in [2.05, 4.69) is 12.2 Å². The van der Waals surface area contributed by atoms with Crippen LogP contribution in [-0.4, -0.2) is 23.5 Å². The quantitative estimate of drug-likeness (QED) is 0.766. The second-order valence-corrected chi connectivity index (χ2v) is 5.84. The van der Waals surface area contributed by atoms with Crippen LogP contribution in [-0.2, 0) is 9.59 Å². The number of carbonyl (C=O) groups is 2. The van der Waals surface area contributed by atoms with E-state index >= 15 is 0 Å². The van der Waals surface area contributed by atoms with Gasteiger partial charge >= 0.3 is 5.97 Å². The van der Waals surface area contributed by atoms with Gasteiger partial charge in [-0.15, -0.1) is 0 Å². The van der Waals surface area contributed by atoms with Gasteiger partial charge in [-0.3, -0.25) is 9.59 Å². The molecule has 1 aliphatic rings. The molecule has 1 fully saturated rings. The highest BCUT2D eigenvalue weighted by atomic mass is 16.4. The van der Waals surface area contributed by atoms with E-state index < -0.39 is 5.97 Å². The molecule has 1 amide bonds. The summed E-state index contributed by atoms with van der Waals surface area (Å²) >= 11 is 0. The highest BCUT2D eigenvalue weighted by Crippen LogP contribution is 2.27. The molecule has 1 unspecified atom stereocenters. The van der Waals surface area contributed by atoms with Gasteiger partial charge < -0.3 is 10.4 Å². The van der Waals surface area contributed by atoms with Crippen LogP contribution in [0, 0.1) is 17.8 Å². The molecule has 4 nitrogen and oxygen atoms in total. The summed E-state index contributed by atoms with van der Waals surface area (Å²) < 4.78 is 0. The Kier molecular flexibility index (Phi) is 6.16. The van der Waals surface area contributed by atoms with Crippen molar-refractivity contribution in [2.75, 3.05) is 6.54 Å². The van der Waals surface area contributed by atoms with Crippen LogP contribution in [0.2, 0.25) is 0 Å². The predicted molar refractivity (Wildman–Crippen MR) is 70.2 cm³/mol. The van der Waals surface area contributed by atoms with E-state index in [1.54, 1.807) is 6.92 Å². The maximum Gasteiger partial charge on any atom is 0.303 e. The second-order valence-electron chi connectivity index (χ2n) is 5.84. The highest BCUT2D eigenvalue weighted by molar-refractivity contribution is 5.77. The minimum Gasteiger partial charge on any atom is -0.481 e. The third kappa shape index (κ3) is 6.03. The molecule has 4 heteroatoms. The summed E-state index contributed by atoms with van der Waals surface area (Å²) in [6, 6.07) is 0. The fourth-order valence-electron chi connectivity index (χ4n) is 2.55. The van der Waals surface area contributed by atoms with Crippen molar-refractivity contribution in [3.05, 3.63) is 0 Å². The fraction of sp³-hybridized carbons (Fsp3) is 0.857. The van der Waals surface area contributed by atoms with Crippen molar-refractivity contribution in [2.45, 2.75) is 52.4 Å². The number of hydrogen-bond donors (Lipinski definition) is 2. The predicted octanol–water partition coefficient (Wildman–Crippen LogP) is 2.43. The molecule has 0 aromatic heterocycles. The molecule has 0 aromatic carbocycles. The Balaban J connectivity index is 2.15. The van der Waals surface area contributed by atoms with Gasteiger partial charge in [-0.2, -0.15) is 0 Å². The van der Waals surface area contributed by atoms with Crippen molar-refractivity contribution in [1.29, 1.82) is 0 Å². The number of hydrogen-bond acceptors (Lipinski definition) is 2. The lowest BCUT2D eigenvalue weighted by molar-refractivity contribution is -0.138. The Morgan fingerprint density at radius 3 is 2.39 bits per heavy atom. The zero-order valence-corrected chi connectivity index (χ0v) is 11.4. The minimum absolute atomic E-state index is 0.0117. The summed E-state index contributed by atoms with van der Waals surface area (Å²) in [4.78, 5) is 22.1. The van der Waals surface area contributed by atoms with E-state index in [9.17, 15) is 9.59 Å². The molecule has 0 saturated heterocycles. The van der Waals surface area contributed by atoms with E-state index in [0.717, 1.165) is 12.5 Å². The van der Waals surface area contributed by atoms with Crippen molar-refractivity contribution < 1.29 is 14.7 Å². The molecule has 0 aliphatic heterocycles. The highest BCUT2D eigenvalue weighted by Gasteiger charge is 2.19. The minimum atomic E-state index is -0.837. The van der Waals surface area contributed by atoms with E-state index in [1.165, 1.54) is 25.7 Å². The molecule has 0 radical (unpaired) electrons. The third-order valence-electron chi connectivity index (χ3n) is 3.78. The van der Waals surface area contributed by atoms with Crippen LogP contribution in [0.5, 0.6) is 0 Å². The van der Waals surface area contributed by atoms with E-state index in [1.807, 2.05) is 0 Å². The number of carbonyl (C=O) groups excluding carboxylic acids is 1. The van der Waals surface area contributed by atoms with E-state index in [-0.39, 0.29) is 18.2 Å². The summed E-state index contributed by atoms with van der Waals surface area (Å²) in [7, 11) is 0.